The molecule has 1 saturated heterocycles. The van der Waals surface area contributed by atoms with Crippen molar-refractivity contribution in [2.75, 3.05) is 23.7 Å². The quantitative estimate of drug-likeness (QED) is 0.648. The lowest BCUT2D eigenvalue weighted by Crippen LogP contribution is -2.35. The van der Waals surface area contributed by atoms with E-state index in [0.29, 0.717) is 11.5 Å². The SMILES string of the molecule is CCn1cc(CN2CCC(n3nccc3NC(=O)Nc3cccc(F)c3)CC2)cn1. The lowest BCUT2D eigenvalue weighted by atomic mass is 10.0. The summed E-state index contributed by atoms with van der Waals surface area (Å²) >= 11 is 0. The zero-order valence-corrected chi connectivity index (χ0v) is 17.0. The molecule has 3 aromatic rings. The van der Waals surface area contributed by atoms with Gasteiger partial charge in [-0.1, -0.05) is 6.07 Å². The number of likely N-dealkylation sites (tertiary alicyclic amines) is 1. The van der Waals surface area contributed by atoms with E-state index in [1.807, 2.05) is 15.6 Å². The van der Waals surface area contributed by atoms with Gasteiger partial charge in [-0.2, -0.15) is 10.2 Å². The Balaban J connectivity index is 1.31. The molecular weight excluding hydrogens is 385 g/mol. The first-order valence-corrected chi connectivity index (χ1v) is 10.2. The Bertz CT molecular complexity index is 991. The molecule has 4 rings (SSSR count). The molecule has 0 unspecified atom stereocenters. The van der Waals surface area contributed by atoms with Crippen LogP contribution in [0.25, 0.3) is 0 Å². The number of halogens is 1. The normalized spacial score (nSPS) is 15.3. The predicted octanol–water partition coefficient (Wildman–Crippen LogP) is 3.72. The molecule has 0 spiro atoms. The molecular formula is C21H26FN7O. The van der Waals surface area contributed by atoms with Crippen LogP contribution in [0.4, 0.5) is 20.7 Å². The first-order valence-electron chi connectivity index (χ1n) is 10.2. The molecule has 1 fully saturated rings. The van der Waals surface area contributed by atoms with Crippen molar-refractivity contribution in [3.8, 4) is 0 Å². The zero-order valence-electron chi connectivity index (χ0n) is 17.0. The number of carbonyl (C=O) groups excluding carboxylic acids is 1. The van der Waals surface area contributed by atoms with Crippen LogP contribution >= 0.6 is 0 Å². The van der Waals surface area contributed by atoms with Crippen molar-refractivity contribution < 1.29 is 9.18 Å². The highest BCUT2D eigenvalue weighted by Crippen LogP contribution is 2.26. The van der Waals surface area contributed by atoms with Crippen molar-refractivity contribution in [1.29, 1.82) is 0 Å². The summed E-state index contributed by atoms with van der Waals surface area (Å²) in [6.07, 6.45) is 7.61. The first-order chi connectivity index (χ1) is 14.6. The number of hydrogen-bond donors (Lipinski definition) is 2. The fraction of sp³-hybridized carbons (Fsp3) is 0.381. The average molecular weight is 411 g/mol. The van der Waals surface area contributed by atoms with Crippen molar-refractivity contribution in [3.63, 3.8) is 0 Å². The minimum atomic E-state index is -0.423. The van der Waals surface area contributed by atoms with Gasteiger partial charge in [-0.3, -0.25) is 14.9 Å². The summed E-state index contributed by atoms with van der Waals surface area (Å²) in [5.41, 5.74) is 1.63. The summed E-state index contributed by atoms with van der Waals surface area (Å²) in [5, 5.41) is 14.2. The van der Waals surface area contributed by atoms with Crippen molar-refractivity contribution in [2.24, 2.45) is 0 Å². The first kappa shape index (κ1) is 20.1. The van der Waals surface area contributed by atoms with Crippen LogP contribution in [0.15, 0.2) is 48.9 Å². The molecule has 8 nitrogen and oxygen atoms in total. The van der Waals surface area contributed by atoms with E-state index < -0.39 is 11.8 Å². The van der Waals surface area contributed by atoms with Gasteiger partial charge in [0, 0.05) is 49.7 Å². The van der Waals surface area contributed by atoms with Gasteiger partial charge in [0.1, 0.15) is 11.6 Å². The Morgan fingerprint density at radius 2 is 2.03 bits per heavy atom. The van der Waals surface area contributed by atoms with Gasteiger partial charge in [0.2, 0.25) is 0 Å². The van der Waals surface area contributed by atoms with Crippen LogP contribution < -0.4 is 10.6 Å². The summed E-state index contributed by atoms with van der Waals surface area (Å²) in [6.45, 7) is 5.76. The molecule has 1 aliphatic heterocycles. The van der Waals surface area contributed by atoms with E-state index in [1.54, 1.807) is 24.4 Å². The topological polar surface area (TPSA) is 80.0 Å². The van der Waals surface area contributed by atoms with Crippen LogP contribution in [0.5, 0.6) is 0 Å². The third kappa shape index (κ3) is 4.85. The lowest BCUT2D eigenvalue weighted by molar-refractivity contribution is 0.174. The van der Waals surface area contributed by atoms with Crippen LogP contribution in [-0.4, -0.2) is 43.6 Å². The number of amides is 2. The monoisotopic (exact) mass is 411 g/mol. The molecule has 2 amide bonds. The standard InChI is InChI=1S/C21H26FN7O/c1-2-28-15-16(13-24-28)14-27-10-7-19(8-11-27)29-20(6-9-23-29)26-21(30)25-18-5-3-4-17(22)12-18/h3-6,9,12-13,15,19H,2,7-8,10-11,14H2,1H3,(H2,25,26,30). The second-order valence-electron chi connectivity index (χ2n) is 7.46. The third-order valence-electron chi connectivity index (χ3n) is 5.31. The molecule has 9 heteroatoms. The van der Waals surface area contributed by atoms with E-state index >= 15 is 0 Å². The number of anilines is 2. The Labute approximate surface area is 174 Å². The van der Waals surface area contributed by atoms with Gasteiger partial charge in [-0.25, -0.2) is 13.9 Å². The Hall–Kier alpha value is -3.20. The number of nitrogens with zero attached hydrogens (tertiary/aromatic N) is 5. The summed E-state index contributed by atoms with van der Waals surface area (Å²) in [6, 6.07) is 7.37. The van der Waals surface area contributed by atoms with Crippen LogP contribution in [0, 0.1) is 5.82 Å². The summed E-state index contributed by atoms with van der Waals surface area (Å²) in [4.78, 5) is 14.7. The zero-order chi connectivity index (χ0) is 20.9. The molecule has 1 aromatic carbocycles. The van der Waals surface area contributed by atoms with E-state index in [9.17, 15) is 9.18 Å². The van der Waals surface area contributed by atoms with Crippen LogP contribution in [0.1, 0.15) is 31.4 Å². The number of piperidine rings is 1. The number of rotatable bonds is 6. The number of hydrogen-bond acceptors (Lipinski definition) is 4. The summed E-state index contributed by atoms with van der Waals surface area (Å²) < 4.78 is 17.1. The number of aromatic nitrogens is 4. The average Bonchev–Trinajstić information content (AvgIpc) is 3.38. The second-order valence-corrected chi connectivity index (χ2v) is 7.46. The van der Waals surface area contributed by atoms with Gasteiger partial charge in [0.15, 0.2) is 0 Å². The summed E-state index contributed by atoms with van der Waals surface area (Å²) in [7, 11) is 0. The number of aryl methyl sites for hydroxylation is 1. The molecule has 0 atom stereocenters. The smallest absolute Gasteiger partial charge is 0.308 e. The molecule has 2 N–H and O–H groups in total. The molecule has 1 aliphatic rings. The second kappa shape index (κ2) is 9.08. The molecule has 0 saturated carbocycles. The Morgan fingerprint density at radius 3 is 2.77 bits per heavy atom. The van der Waals surface area contributed by atoms with E-state index in [-0.39, 0.29) is 6.04 Å². The van der Waals surface area contributed by atoms with E-state index in [0.717, 1.165) is 39.0 Å². The number of benzene rings is 1. The maximum absolute atomic E-state index is 13.3. The van der Waals surface area contributed by atoms with Crippen molar-refractivity contribution >= 4 is 17.5 Å². The highest BCUT2D eigenvalue weighted by molar-refractivity contribution is 5.99. The van der Waals surface area contributed by atoms with Gasteiger partial charge in [-0.05, 0) is 38.0 Å². The van der Waals surface area contributed by atoms with Crippen molar-refractivity contribution in [2.45, 2.75) is 38.9 Å². The van der Waals surface area contributed by atoms with E-state index in [4.69, 9.17) is 0 Å². The largest absolute Gasteiger partial charge is 0.324 e. The van der Waals surface area contributed by atoms with Gasteiger partial charge in [0.05, 0.1) is 18.4 Å². The molecule has 2 aromatic heterocycles. The molecule has 0 radical (unpaired) electrons. The highest BCUT2D eigenvalue weighted by Gasteiger charge is 2.23. The molecule has 3 heterocycles. The number of carbonyl (C=O) groups is 1. The lowest BCUT2D eigenvalue weighted by Gasteiger charge is -2.32. The van der Waals surface area contributed by atoms with Gasteiger partial charge in [0.25, 0.3) is 0 Å². The van der Waals surface area contributed by atoms with Crippen LogP contribution in [0.3, 0.4) is 0 Å². The molecule has 30 heavy (non-hydrogen) atoms. The van der Waals surface area contributed by atoms with Crippen LogP contribution in [-0.2, 0) is 13.1 Å². The van der Waals surface area contributed by atoms with Gasteiger partial charge < -0.3 is 5.32 Å². The van der Waals surface area contributed by atoms with E-state index in [2.05, 4.69) is 38.9 Å². The van der Waals surface area contributed by atoms with Crippen LogP contribution in [0.2, 0.25) is 0 Å². The van der Waals surface area contributed by atoms with Crippen molar-refractivity contribution in [1.82, 2.24) is 24.5 Å². The maximum Gasteiger partial charge on any atom is 0.324 e. The minimum Gasteiger partial charge on any atom is -0.308 e. The number of nitrogens with one attached hydrogen (secondary N) is 2. The third-order valence-corrected chi connectivity index (χ3v) is 5.31. The van der Waals surface area contributed by atoms with E-state index in [1.165, 1.54) is 17.7 Å². The molecule has 0 aliphatic carbocycles. The maximum atomic E-state index is 13.3. The number of urea groups is 1. The molecule has 0 bridgehead atoms. The fourth-order valence-corrected chi connectivity index (χ4v) is 3.79. The van der Waals surface area contributed by atoms with Crippen molar-refractivity contribution in [3.05, 3.63) is 60.3 Å². The summed E-state index contributed by atoms with van der Waals surface area (Å²) in [5.74, 6) is 0.234. The van der Waals surface area contributed by atoms with Gasteiger partial charge in [-0.15, -0.1) is 0 Å². The fourth-order valence-electron chi connectivity index (χ4n) is 3.79. The Morgan fingerprint density at radius 1 is 1.20 bits per heavy atom. The molecule has 158 valence electrons. The highest BCUT2D eigenvalue weighted by atomic mass is 19.1. The van der Waals surface area contributed by atoms with Gasteiger partial charge >= 0.3 is 6.03 Å². The Kier molecular flexibility index (Phi) is 6.08. The minimum absolute atomic E-state index is 0.221. The predicted molar refractivity (Wildman–Crippen MR) is 113 cm³/mol.